The molecule has 1 amide bonds. The SMILES string of the molecule is NS(=O)(=O)N1CCCC2(CN(c3ncnc4c3CC(=O)N4)C2)C1. The number of aromatic nitrogens is 2. The molecule has 23 heavy (non-hydrogen) atoms. The van der Waals surface area contributed by atoms with Crippen LogP contribution in [0.1, 0.15) is 18.4 Å². The van der Waals surface area contributed by atoms with Gasteiger partial charge in [-0.05, 0) is 12.8 Å². The summed E-state index contributed by atoms with van der Waals surface area (Å²) in [5.74, 6) is 1.28. The highest BCUT2D eigenvalue weighted by Gasteiger charge is 2.48. The van der Waals surface area contributed by atoms with Gasteiger partial charge in [-0.3, -0.25) is 4.79 Å². The number of fused-ring (bicyclic) bond motifs is 1. The predicted molar refractivity (Wildman–Crippen MR) is 82.9 cm³/mol. The second kappa shape index (κ2) is 4.86. The smallest absolute Gasteiger partial charge is 0.276 e. The Bertz CT molecular complexity index is 774. The normalized spacial score (nSPS) is 23.5. The minimum atomic E-state index is -3.64. The Morgan fingerprint density at radius 3 is 2.78 bits per heavy atom. The molecule has 2 fully saturated rings. The Labute approximate surface area is 134 Å². The molecule has 4 rings (SSSR count). The summed E-state index contributed by atoms with van der Waals surface area (Å²) in [6, 6.07) is 0. The van der Waals surface area contributed by atoms with Crippen LogP contribution in [0.25, 0.3) is 0 Å². The summed E-state index contributed by atoms with van der Waals surface area (Å²) in [6.07, 6.45) is 3.52. The van der Waals surface area contributed by atoms with Gasteiger partial charge in [-0.2, -0.15) is 12.7 Å². The number of amides is 1. The van der Waals surface area contributed by atoms with Gasteiger partial charge in [-0.15, -0.1) is 0 Å². The van der Waals surface area contributed by atoms with Gasteiger partial charge >= 0.3 is 0 Å². The second-order valence-corrected chi connectivity index (χ2v) is 8.13. The van der Waals surface area contributed by atoms with Gasteiger partial charge in [0.25, 0.3) is 10.2 Å². The summed E-state index contributed by atoms with van der Waals surface area (Å²) < 4.78 is 24.5. The van der Waals surface area contributed by atoms with Crippen LogP contribution in [0.3, 0.4) is 0 Å². The molecule has 1 aromatic heterocycles. The van der Waals surface area contributed by atoms with Crippen LogP contribution in [0.5, 0.6) is 0 Å². The molecule has 3 aliphatic heterocycles. The van der Waals surface area contributed by atoms with Gasteiger partial charge < -0.3 is 10.2 Å². The average Bonchev–Trinajstić information content (AvgIpc) is 2.84. The van der Waals surface area contributed by atoms with E-state index in [2.05, 4.69) is 20.2 Å². The summed E-state index contributed by atoms with van der Waals surface area (Å²) in [5.41, 5.74) is 0.755. The second-order valence-electron chi connectivity index (χ2n) is 6.59. The third kappa shape index (κ3) is 2.46. The molecule has 0 unspecified atom stereocenters. The molecule has 4 heterocycles. The standard InChI is InChI=1S/C13H18N6O3S/c14-23(21,22)19-3-1-2-13(7-19)5-18(6-13)12-9-4-10(20)17-11(9)15-8-16-12/h8H,1-7H2,(H2,14,21,22)(H,15,16,17,20). The molecular formula is C13H18N6O3S. The molecule has 2 saturated heterocycles. The van der Waals surface area contributed by atoms with Crippen LogP contribution in [-0.2, 0) is 21.4 Å². The zero-order chi connectivity index (χ0) is 16.2. The van der Waals surface area contributed by atoms with Crippen molar-refractivity contribution in [2.45, 2.75) is 19.3 Å². The molecule has 1 spiro atoms. The first-order chi connectivity index (χ1) is 10.9. The predicted octanol–water partition coefficient (Wildman–Crippen LogP) is -0.923. The van der Waals surface area contributed by atoms with E-state index in [1.165, 1.54) is 10.6 Å². The van der Waals surface area contributed by atoms with Crippen molar-refractivity contribution in [1.82, 2.24) is 14.3 Å². The van der Waals surface area contributed by atoms with Crippen LogP contribution in [0, 0.1) is 5.41 Å². The van der Waals surface area contributed by atoms with E-state index in [0.29, 0.717) is 18.9 Å². The third-order valence-corrected chi connectivity index (χ3v) is 5.89. The van der Waals surface area contributed by atoms with Gasteiger partial charge in [-0.25, -0.2) is 15.1 Å². The van der Waals surface area contributed by atoms with E-state index < -0.39 is 10.2 Å². The van der Waals surface area contributed by atoms with E-state index in [1.807, 2.05) is 0 Å². The number of hydrogen-bond acceptors (Lipinski definition) is 6. The third-order valence-electron chi connectivity index (χ3n) is 4.86. The maximum atomic E-state index is 11.6. The summed E-state index contributed by atoms with van der Waals surface area (Å²) in [7, 11) is -3.64. The van der Waals surface area contributed by atoms with Crippen LogP contribution in [-0.4, -0.2) is 54.8 Å². The van der Waals surface area contributed by atoms with E-state index in [-0.39, 0.29) is 17.7 Å². The molecule has 0 saturated carbocycles. The van der Waals surface area contributed by atoms with E-state index in [0.717, 1.165) is 37.3 Å². The molecule has 9 nitrogen and oxygen atoms in total. The topological polar surface area (TPSA) is 122 Å². The lowest BCUT2D eigenvalue weighted by atomic mass is 9.74. The minimum absolute atomic E-state index is 0.0709. The van der Waals surface area contributed by atoms with Crippen molar-refractivity contribution < 1.29 is 13.2 Å². The molecule has 0 radical (unpaired) electrons. The molecule has 124 valence electrons. The number of nitrogens with zero attached hydrogens (tertiary/aromatic N) is 4. The molecule has 0 aromatic carbocycles. The Kier molecular flexibility index (Phi) is 3.12. The van der Waals surface area contributed by atoms with Crippen molar-refractivity contribution in [3.05, 3.63) is 11.9 Å². The van der Waals surface area contributed by atoms with E-state index in [1.54, 1.807) is 0 Å². The number of piperidine rings is 1. The lowest BCUT2D eigenvalue weighted by Crippen LogP contribution is -2.64. The number of nitrogens with two attached hydrogens (primary N) is 1. The molecule has 3 N–H and O–H groups in total. The summed E-state index contributed by atoms with van der Waals surface area (Å²) >= 11 is 0. The van der Waals surface area contributed by atoms with E-state index in [4.69, 9.17) is 5.14 Å². The number of anilines is 2. The molecule has 3 aliphatic rings. The van der Waals surface area contributed by atoms with Gasteiger partial charge in [0.05, 0.1) is 6.42 Å². The number of hydrogen-bond donors (Lipinski definition) is 2. The van der Waals surface area contributed by atoms with Crippen LogP contribution < -0.4 is 15.4 Å². The molecule has 0 atom stereocenters. The molecule has 0 aliphatic carbocycles. The quantitative estimate of drug-likeness (QED) is 0.719. The van der Waals surface area contributed by atoms with E-state index >= 15 is 0 Å². The fourth-order valence-corrected chi connectivity index (χ4v) is 4.67. The van der Waals surface area contributed by atoms with Crippen molar-refractivity contribution in [1.29, 1.82) is 0 Å². The van der Waals surface area contributed by atoms with Crippen molar-refractivity contribution >= 4 is 27.8 Å². The van der Waals surface area contributed by atoms with Crippen molar-refractivity contribution in [2.75, 3.05) is 36.4 Å². The Morgan fingerprint density at radius 1 is 1.26 bits per heavy atom. The van der Waals surface area contributed by atoms with Crippen molar-refractivity contribution in [3.8, 4) is 0 Å². The fourth-order valence-electron chi connectivity index (χ4n) is 3.83. The lowest BCUT2D eigenvalue weighted by Gasteiger charge is -2.54. The first-order valence-corrected chi connectivity index (χ1v) is 9.03. The maximum absolute atomic E-state index is 11.6. The minimum Gasteiger partial charge on any atom is -0.355 e. The highest BCUT2D eigenvalue weighted by Crippen LogP contribution is 2.43. The summed E-state index contributed by atoms with van der Waals surface area (Å²) in [5, 5.41) is 7.98. The Hall–Kier alpha value is -1.78. The fraction of sp³-hybridized carbons (Fsp3) is 0.615. The highest BCUT2D eigenvalue weighted by molar-refractivity contribution is 7.86. The van der Waals surface area contributed by atoms with Gasteiger partial charge in [0.1, 0.15) is 18.0 Å². The molecule has 10 heteroatoms. The van der Waals surface area contributed by atoms with Crippen LogP contribution in [0.4, 0.5) is 11.6 Å². The highest BCUT2D eigenvalue weighted by atomic mass is 32.2. The number of carbonyl (C=O) groups is 1. The first kappa shape index (κ1) is 14.8. The van der Waals surface area contributed by atoms with Crippen molar-refractivity contribution in [2.24, 2.45) is 10.6 Å². The average molecular weight is 338 g/mol. The first-order valence-electron chi connectivity index (χ1n) is 7.53. The summed E-state index contributed by atoms with van der Waals surface area (Å²) in [4.78, 5) is 22.0. The zero-order valence-corrected chi connectivity index (χ0v) is 13.3. The molecular weight excluding hydrogens is 320 g/mol. The van der Waals surface area contributed by atoms with Crippen LogP contribution >= 0.6 is 0 Å². The molecule has 0 bridgehead atoms. The van der Waals surface area contributed by atoms with Gasteiger partial charge in [-0.1, -0.05) is 0 Å². The van der Waals surface area contributed by atoms with Crippen LogP contribution in [0.15, 0.2) is 6.33 Å². The van der Waals surface area contributed by atoms with Gasteiger partial charge in [0, 0.05) is 37.2 Å². The number of carbonyl (C=O) groups excluding carboxylic acids is 1. The lowest BCUT2D eigenvalue weighted by molar-refractivity contribution is -0.115. The monoisotopic (exact) mass is 338 g/mol. The molecule has 1 aromatic rings. The largest absolute Gasteiger partial charge is 0.355 e. The van der Waals surface area contributed by atoms with Gasteiger partial charge in [0.15, 0.2) is 0 Å². The maximum Gasteiger partial charge on any atom is 0.276 e. The van der Waals surface area contributed by atoms with Crippen molar-refractivity contribution in [3.63, 3.8) is 0 Å². The summed E-state index contributed by atoms with van der Waals surface area (Å²) in [6.45, 7) is 2.38. The van der Waals surface area contributed by atoms with Gasteiger partial charge in [0.2, 0.25) is 5.91 Å². The van der Waals surface area contributed by atoms with E-state index in [9.17, 15) is 13.2 Å². The number of nitrogens with one attached hydrogen (secondary N) is 1. The Morgan fingerprint density at radius 2 is 2.04 bits per heavy atom. The Balaban J connectivity index is 1.52. The number of rotatable bonds is 2. The van der Waals surface area contributed by atoms with Crippen LogP contribution in [0.2, 0.25) is 0 Å². The zero-order valence-electron chi connectivity index (χ0n) is 12.5.